The van der Waals surface area contributed by atoms with Crippen LogP contribution in [0.15, 0.2) is 63.8 Å². The lowest BCUT2D eigenvalue weighted by Gasteiger charge is -2.04. The molecule has 0 fully saturated rings. The van der Waals surface area contributed by atoms with Crippen LogP contribution < -0.4 is 5.43 Å². The average Bonchev–Trinajstić information content (AvgIpc) is 3.21. The molecule has 0 saturated heterocycles. The molecular formula is C19H12N4O6. The van der Waals surface area contributed by atoms with Crippen molar-refractivity contribution in [3.8, 4) is 11.5 Å². The third-order valence-electron chi connectivity index (χ3n) is 4.08. The number of non-ortho nitro benzene ring substituents is 1. The molecule has 0 radical (unpaired) electrons. The molecule has 0 aliphatic carbocycles. The van der Waals surface area contributed by atoms with Gasteiger partial charge in [0.25, 0.3) is 11.6 Å². The summed E-state index contributed by atoms with van der Waals surface area (Å²) in [5, 5.41) is 18.8. The van der Waals surface area contributed by atoms with E-state index < -0.39 is 10.9 Å². The van der Waals surface area contributed by atoms with Crippen molar-refractivity contribution in [2.24, 2.45) is 0 Å². The first-order valence-corrected chi connectivity index (χ1v) is 8.37. The Morgan fingerprint density at radius 2 is 1.90 bits per heavy atom. The molecule has 0 aliphatic rings. The van der Waals surface area contributed by atoms with E-state index in [-0.39, 0.29) is 35.2 Å². The molecule has 10 nitrogen and oxygen atoms in total. The van der Waals surface area contributed by atoms with E-state index in [4.69, 9.17) is 9.15 Å². The van der Waals surface area contributed by atoms with Crippen LogP contribution in [0.5, 0.6) is 0 Å². The monoisotopic (exact) mass is 392 g/mol. The van der Waals surface area contributed by atoms with E-state index in [0.717, 1.165) is 0 Å². The summed E-state index contributed by atoms with van der Waals surface area (Å²) < 4.78 is 10.5. The van der Waals surface area contributed by atoms with E-state index in [1.807, 2.05) is 0 Å². The lowest BCUT2D eigenvalue weighted by atomic mass is 10.2. The summed E-state index contributed by atoms with van der Waals surface area (Å²) in [6.07, 6.45) is 0. The fourth-order valence-electron chi connectivity index (χ4n) is 2.67. The number of rotatable bonds is 5. The van der Waals surface area contributed by atoms with Gasteiger partial charge in [-0.05, 0) is 24.3 Å². The summed E-state index contributed by atoms with van der Waals surface area (Å²) in [6, 6.07) is 13.6. The Morgan fingerprint density at radius 3 is 2.66 bits per heavy atom. The maximum absolute atomic E-state index is 12.2. The SMILES string of the molecule is O=C(OCc1nnc(-c2ccc([N+](=O)[O-])cc2)o1)c1cc(=O)c2ccccc2[nH]1. The lowest BCUT2D eigenvalue weighted by molar-refractivity contribution is -0.384. The highest BCUT2D eigenvalue weighted by Crippen LogP contribution is 2.21. The zero-order valence-electron chi connectivity index (χ0n) is 14.7. The van der Waals surface area contributed by atoms with E-state index >= 15 is 0 Å². The van der Waals surface area contributed by atoms with Crippen LogP contribution in [0.4, 0.5) is 5.69 Å². The van der Waals surface area contributed by atoms with Crippen molar-refractivity contribution in [1.29, 1.82) is 0 Å². The minimum atomic E-state index is -0.747. The van der Waals surface area contributed by atoms with Gasteiger partial charge in [-0.3, -0.25) is 14.9 Å². The Morgan fingerprint density at radius 1 is 1.14 bits per heavy atom. The number of nitro benzene ring substituents is 1. The van der Waals surface area contributed by atoms with Gasteiger partial charge in [-0.1, -0.05) is 12.1 Å². The number of aromatic amines is 1. The van der Waals surface area contributed by atoms with Crippen LogP contribution >= 0.6 is 0 Å². The summed E-state index contributed by atoms with van der Waals surface area (Å²) in [4.78, 5) is 37.4. The maximum atomic E-state index is 12.2. The van der Waals surface area contributed by atoms with Gasteiger partial charge in [-0.15, -0.1) is 10.2 Å². The Bertz CT molecular complexity index is 1280. The fourth-order valence-corrected chi connectivity index (χ4v) is 2.67. The summed E-state index contributed by atoms with van der Waals surface area (Å²) in [6.45, 7) is -0.298. The first-order chi connectivity index (χ1) is 14.0. The Hall–Kier alpha value is -4.34. The number of benzene rings is 2. The predicted molar refractivity (Wildman–Crippen MR) is 100 cm³/mol. The second-order valence-corrected chi connectivity index (χ2v) is 5.97. The van der Waals surface area contributed by atoms with Gasteiger partial charge in [-0.2, -0.15) is 0 Å². The molecule has 0 spiro atoms. The van der Waals surface area contributed by atoms with E-state index in [0.29, 0.717) is 16.5 Å². The van der Waals surface area contributed by atoms with E-state index in [1.165, 1.54) is 30.3 Å². The maximum Gasteiger partial charge on any atom is 0.355 e. The van der Waals surface area contributed by atoms with Crippen LogP contribution in [0.3, 0.4) is 0 Å². The molecule has 2 heterocycles. The van der Waals surface area contributed by atoms with E-state index in [9.17, 15) is 19.7 Å². The highest BCUT2D eigenvalue weighted by molar-refractivity contribution is 5.90. The minimum absolute atomic E-state index is 0.00353. The van der Waals surface area contributed by atoms with Crippen molar-refractivity contribution >= 4 is 22.6 Å². The molecule has 4 rings (SSSR count). The van der Waals surface area contributed by atoms with Crippen LogP contribution in [0.1, 0.15) is 16.4 Å². The molecule has 0 aliphatic heterocycles. The van der Waals surface area contributed by atoms with Crippen LogP contribution in [-0.2, 0) is 11.3 Å². The molecule has 29 heavy (non-hydrogen) atoms. The van der Waals surface area contributed by atoms with Gasteiger partial charge in [0.15, 0.2) is 12.0 Å². The Labute approximate surface area is 161 Å². The first kappa shape index (κ1) is 18.0. The van der Waals surface area contributed by atoms with Gasteiger partial charge < -0.3 is 14.1 Å². The molecule has 0 saturated carbocycles. The molecule has 0 unspecified atom stereocenters. The van der Waals surface area contributed by atoms with Crippen molar-refractivity contribution in [1.82, 2.24) is 15.2 Å². The molecule has 2 aromatic carbocycles. The van der Waals surface area contributed by atoms with Gasteiger partial charge in [0.2, 0.25) is 5.89 Å². The third-order valence-corrected chi connectivity index (χ3v) is 4.08. The van der Waals surface area contributed by atoms with Crippen molar-refractivity contribution in [2.45, 2.75) is 6.61 Å². The number of nitrogens with one attached hydrogen (secondary N) is 1. The normalized spacial score (nSPS) is 10.8. The van der Waals surface area contributed by atoms with Gasteiger partial charge >= 0.3 is 5.97 Å². The van der Waals surface area contributed by atoms with Crippen molar-refractivity contribution in [3.05, 3.63) is 86.5 Å². The molecule has 0 bridgehead atoms. The molecular weight excluding hydrogens is 380 g/mol. The summed E-state index contributed by atoms with van der Waals surface area (Å²) in [5.74, 6) is -0.581. The number of H-pyrrole nitrogens is 1. The van der Waals surface area contributed by atoms with Crippen LogP contribution in [-0.4, -0.2) is 26.1 Å². The standard InChI is InChI=1S/C19H12N4O6/c24-16-9-15(20-14-4-2-1-3-13(14)16)19(25)28-10-17-21-22-18(29-17)11-5-7-12(8-6-11)23(26)27/h1-9H,10H2,(H,20,24). The molecule has 0 atom stereocenters. The average molecular weight is 392 g/mol. The van der Waals surface area contributed by atoms with Gasteiger partial charge in [-0.25, -0.2) is 4.79 Å². The highest BCUT2D eigenvalue weighted by Gasteiger charge is 2.15. The Balaban J connectivity index is 1.46. The predicted octanol–water partition coefficient (Wildman–Crippen LogP) is 2.84. The quantitative estimate of drug-likeness (QED) is 0.310. The number of hydrogen-bond acceptors (Lipinski definition) is 8. The molecule has 1 N–H and O–H groups in total. The fraction of sp³-hybridized carbons (Fsp3) is 0.0526. The van der Waals surface area contributed by atoms with Crippen molar-refractivity contribution < 1.29 is 18.9 Å². The highest BCUT2D eigenvalue weighted by atomic mass is 16.6. The molecule has 2 aromatic heterocycles. The Kier molecular flexibility index (Phi) is 4.57. The number of nitrogens with zero attached hydrogens (tertiary/aromatic N) is 3. The van der Waals surface area contributed by atoms with Gasteiger partial charge in [0.1, 0.15) is 5.69 Å². The van der Waals surface area contributed by atoms with E-state index in [2.05, 4.69) is 15.2 Å². The van der Waals surface area contributed by atoms with Crippen LogP contribution in [0.2, 0.25) is 0 Å². The number of ether oxygens (including phenoxy) is 1. The van der Waals surface area contributed by atoms with Crippen LogP contribution in [0.25, 0.3) is 22.4 Å². The largest absolute Gasteiger partial charge is 0.451 e. The molecule has 144 valence electrons. The zero-order valence-corrected chi connectivity index (χ0v) is 14.7. The second-order valence-electron chi connectivity index (χ2n) is 5.97. The second kappa shape index (κ2) is 7.35. The summed E-state index contributed by atoms with van der Waals surface area (Å²) >= 11 is 0. The van der Waals surface area contributed by atoms with Crippen molar-refractivity contribution in [3.63, 3.8) is 0 Å². The summed E-state index contributed by atoms with van der Waals surface area (Å²) in [7, 11) is 0. The number of para-hydroxylation sites is 1. The van der Waals surface area contributed by atoms with Gasteiger partial charge in [0.05, 0.1) is 4.92 Å². The molecule has 0 amide bonds. The van der Waals surface area contributed by atoms with Crippen LogP contribution in [0, 0.1) is 10.1 Å². The first-order valence-electron chi connectivity index (χ1n) is 8.37. The number of fused-ring (bicyclic) bond motifs is 1. The smallest absolute Gasteiger partial charge is 0.355 e. The van der Waals surface area contributed by atoms with Crippen molar-refractivity contribution in [2.75, 3.05) is 0 Å². The third kappa shape index (κ3) is 3.72. The minimum Gasteiger partial charge on any atom is -0.451 e. The molecule has 10 heteroatoms. The number of pyridine rings is 1. The zero-order chi connectivity index (χ0) is 20.4. The number of aromatic nitrogens is 3. The number of esters is 1. The topological polar surface area (TPSA) is 141 Å². The number of carbonyl (C=O) groups is 1. The number of hydrogen-bond donors (Lipinski definition) is 1. The summed E-state index contributed by atoms with van der Waals surface area (Å²) in [5.41, 5.74) is 0.643. The number of nitro groups is 1. The lowest BCUT2D eigenvalue weighted by Crippen LogP contribution is -2.12. The molecule has 4 aromatic rings. The van der Waals surface area contributed by atoms with Gasteiger partial charge in [0, 0.05) is 34.7 Å². The van der Waals surface area contributed by atoms with E-state index in [1.54, 1.807) is 24.3 Å². The number of carbonyl (C=O) groups excluding carboxylic acids is 1.